The van der Waals surface area contributed by atoms with Crippen molar-refractivity contribution in [1.29, 1.82) is 0 Å². The van der Waals surface area contributed by atoms with E-state index in [1.54, 1.807) is 6.20 Å². The number of anilines is 1. The summed E-state index contributed by atoms with van der Waals surface area (Å²) in [6, 6.07) is 3.80. The van der Waals surface area contributed by atoms with Crippen LogP contribution in [0, 0.1) is 11.8 Å². The number of hydrogen-bond acceptors (Lipinski definition) is 2. The summed E-state index contributed by atoms with van der Waals surface area (Å²) in [5.41, 5.74) is 0. The summed E-state index contributed by atoms with van der Waals surface area (Å²) in [5.74, 6) is 2.64. The van der Waals surface area contributed by atoms with Crippen LogP contribution >= 0.6 is 11.6 Å². The van der Waals surface area contributed by atoms with Gasteiger partial charge in [-0.2, -0.15) is 0 Å². The van der Waals surface area contributed by atoms with Crippen molar-refractivity contribution in [3.63, 3.8) is 0 Å². The van der Waals surface area contributed by atoms with Crippen LogP contribution in [0.3, 0.4) is 0 Å². The highest BCUT2D eigenvalue weighted by Gasteiger charge is 2.20. The van der Waals surface area contributed by atoms with Gasteiger partial charge in [-0.05, 0) is 36.8 Å². The molecule has 0 bridgehead atoms. The molecule has 1 aliphatic carbocycles. The molecule has 2 rings (SSSR count). The van der Waals surface area contributed by atoms with Crippen molar-refractivity contribution in [3.05, 3.63) is 23.4 Å². The summed E-state index contributed by atoms with van der Waals surface area (Å²) < 4.78 is 0. The summed E-state index contributed by atoms with van der Waals surface area (Å²) in [7, 11) is 0. The van der Waals surface area contributed by atoms with Crippen LogP contribution in [0.4, 0.5) is 5.82 Å². The van der Waals surface area contributed by atoms with Crippen LogP contribution in [0.1, 0.15) is 26.2 Å². The maximum absolute atomic E-state index is 5.77. The highest BCUT2D eigenvalue weighted by atomic mass is 35.5. The molecule has 0 aliphatic heterocycles. The minimum absolute atomic E-state index is 0.690. The largest absolute Gasteiger partial charge is 0.370 e. The first-order valence-corrected chi connectivity index (χ1v) is 5.97. The van der Waals surface area contributed by atoms with E-state index in [2.05, 4.69) is 17.2 Å². The predicted octanol–water partition coefficient (Wildman–Crippen LogP) is 3.58. The lowest BCUT2D eigenvalue weighted by Gasteiger charge is -2.11. The molecule has 0 aromatic carbocycles. The van der Waals surface area contributed by atoms with Crippen LogP contribution in [0.25, 0.3) is 0 Å². The molecule has 82 valence electrons. The lowest BCUT2D eigenvalue weighted by molar-refractivity contribution is 0.536. The molecule has 0 spiro atoms. The molecular weight excluding hydrogens is 208 g/mol. The molecule has 1 aromatic rings. The standard InChI is InChI=1S/C12H17ClN2/c1-9-2-3-10(6-9)7-14-12-5-4-11(13)8-15-12/h4-5,8-10H,2-3,6-7H2,1H3,(H,14,15). The van der Waals surface area contributed by atoms with E-state index in [0.29, 0.717) is 5.02 Å². The minimum atomic E-state index is 0.690. The minimum Gasteiger partial charge on any atom is -0.370 e. The van der Waals surface area contributed by atoms with Crippen molar-refractivity contribution in [2.75, 3.05) is 11.9 Å². The number of nitrogens with zero attached hydrogens (tertiary/aromatic N) is 1. The summed E-state index contributed by atoms with van der Waals surface area (Å²) >= 11 is 5.77. The second-order valence-electron chi connectivity index (χ2n) is 4.53. The molecular formula is C12H17ClN2. The second kappa shape index (κ2) is 4.84. The van der Waals surface area contributed by atoms with Crippen LogP contribution in [-0.4, -0.2) is 11.5 Å². The molecule has 2 atom stereocenters. The monoisotopic (exact) mass is 224 g/mol. The van der Waals surface area contributed by atoms with Crippen LogP contribution in [0.15, 0.2) is 18.3 Å². The van der Waals surface area contributed by atoms with E-state index in [9.17, 15) is 0 Å². The van der Waals surface area contributed by atoms with Gasteiger partial charge in [-0.25, -0.2) is 4.98 Å². The number of pyridine rings is 1. The maximum atomic E-state index is 5.77. The molecule has 3 heteroatoms. The van der Waals surface area contributed by atoms with E-state index in [0.717, 1.165) is 24.2 Å². The number of nitrogens with one attached hydrogen (secondary N) is 1. The van der Waals surface area contributed by atoms with E-state index in [1.807, 2.05) is 12.1 Å². The molecule has 1 N–H and O–H groups in total. The fourth-order valence-corrected chi connectivity index (χ4v) is 2.35. The third-order valence-electron chi connectivity index (χ3n) is 3.10. The number of rotatable bonds is 3. The Morgan fingerprint density at radius 3 is 2.93 bits per heavy atom. The van der Waals surface area contributed by atoms with Crippen LogP contribution in [0.2, 0.25) is 5.02 Å². The predicted molar refractivity (Wildman–Crippen MR) is 64.2 cm³/mol. The molecule has 15 heavy (non-hydrogen) atoms. The smallest absolute Gasteiger partial charge is 0.125 e. The van der Waals surface area contributed by atoms with Crippen molar-refractivity contribution in [2.45, 2.75) is 26.2 Å². The van der Waals surface area contributed by atoms with E-state index in [4.69, 9.17) is 11.6 Å². The molecule has 0 saturated heterocycles. The highest BCUT2D eigenvalue weighted by Crippen LogP contribution is 2.30. The highest BCUT2D eigenvalue weighted by molar-refractivity contribution is 6.30. The van der Waals surface area contributed by atoms with Gasteiger partial charge in [0.2, 0.25) is 0 Å². The van der Waals surface area contributed by atoms with Gasteiger partial charge >= 0.3 is 0 Å². The van der Waals surface area contributed by atoms with Gasteiger partial charge in [0.25, 0.3) is 0 Å². The Hall–Kier alpha value is -0.760. The summed E-state index contributed by atoms with van der Waals surface area (Å²) in [5, 5.41) is 4.05. The van der Waals surface area contributed by atoms with Gasteiger partial charge < -0.3 is 5.32 Å². The Morgan fingerprint density at radius 2 is 2.33 bits per heavy atom. The SMILES string of the molecule is CC1CCC(CNc2ccc(Cl)cn2)C1. The Kier molecular flexibility index (Phi) is 3.47. The van der Waals surface area contributed by atoms with Gasteiger partial charge in [0.05, 0.1) is 5.02 Å². The van der Waals surface area contributed by atoms with Crippen LogP contribution in [-0.2, 0) is 0 Å². The van der Waals surface area contributed by atoms with E-state index in [1.165, 1.54) is 19.3 Å². The zero-order valence-corrected chi connectivity index (χ0v) is 9.80. The van der Waals surface area contributed by atoms with Gasteiger partial charge in [0, 0.05) is 12.7 Å². The molecule has 0 amide bonds. The van der Waals surface area contributed by atoms with Crippen molar-refractivity contribution in [2.24, 2.45) is 11.8 Å². The number of hydrogen-bond donors (Lipinski definition) is 1. The lowest BCUT2D eigenvalue weighted by atomic mass is 10.1. The first kappa shape index (κ1) is 10.7. The molecule has 2 nitrogen and oxygen atoms in total. The third-order valence-corrected chi connectivity index (χ3v) is 3.33. The Bertz CT molecular complexity index is 310. The number of aromatic nitrogens is 1. The normalized spacial score (nSPS) is 25.5. The topological polar surface area (TPSA) is 24.9 Å². The van der Waals surface area contributed by atoms with Crippen LogP contribution < -0.4 is 5.32 Å². The van der Waals surface area contributed by atoms with E-state index in [-0.39, 0.29) is 0 Å². The molecule has 2 unspecified atom stereocenters. The van der Waals surface area contributed by atoms with Crippen molar-refractivity contribution in [1.82, 2.24) is 4.98 Å². The Labute approximate surface area is 96.1 Å². The second-order valence-corrected chi connectivity index (χ2v) is 4.96. The van der Waals surface area contributed by atoms with Gasteiger partial charge in [0.1, 0.15) is 5.82 Å². The van der Waals surface area contributed by atoms with E-state index < -0.39 is 0 Å². The number of halogens is 1. The van der Waals surface area contributed by atoms with Gasteiger partial charge in [0.15, 0.2) is 0 Å². The Morgan fingerprint density at radius 1 is 1.47 bits per heavy atom. The van der Waals surface area contributed by atoms with Gasteiger partial charge in [-0.3, -0.25) is 0 Å². The van der Waals surface area contributed by atoms with Crippen molar-refractivity contribution in [3.8, 4) is 0 Å². The average Bonchev–Trinajstić information content (AvgIpc) is 2.64. The average molecular weight is 225 g/mol. The zero-order valence-electron chi connectivity index (χ0n) is 9.04. The fraction of sp³-hybridized carbons (Fsp3) is 0.583. The quantitative estimate of drug-likeness (QED) is 0.849. The third kappa shape index (κ3) is 3.10. The maximum Gasteiger partial charge on any atom is 0.125 e. The van der Waals surface area contributed by atoms with E-state index >= 15 is 0 Å². The first-order chi connectivity index (χ1) is 7.24. The molecule has 1 saturated carbocycles. The molecule has 0 radical (unpaired) electrons. The summed E-state index contributed by atoms with van der Waals surface area (Å²) in [6.07, 6.45) is 5.75. The Balaban J connectivity index is 1.80. The molecule has 1 aromatic heterocycles. The van der Waals surface area contributed by atoms with Crippen molar-refractivity contribution < 1.29 is 0 Å². The summed E-state index contributed by atoms with van der Waals surface area (Å²) in [6.45, 7) is 3.37. The van der Waals surface area contributed by atoms with Crippen molar-refractivity contribution >= 4 is 17.4 Å². The van der Waals surface area contributed by atoms with Gasteiger partial charge in [-0.15, -0.1) is 0 Å². The molecule has 1 aliphatic rings. The zero-order chi connectivity index (χ0) is 10.7. The molecule has 1 heterocycles. The van der Waals surface area contributed by atoms with Gasteiger partial charge in [-0.1, -0.05) is 24.9 Å². The molecule has 1 fully saturated rings. The summed E-state index contributed by atoms with van der Waals surface area (Å²) in [4.78, 5) is 4.22. The van der Waals surface area contributed by atoms with Crippen LogP contribution in [0.5, 0.6) is 0 Å². The lowest BCUT2D eigenvalue weighted by Crippen LogP contribution is -2.12. The first-order valence-electron chi connectivity index (χ1n) is 5.59. The fourth-order valence-electron chi connectivity index (χ4n) is 2.24.